The average Bonchev–Trinajstić information content (AvgIpc) is 3.46. The molecule has 0 atom stereocenters. The van der Waals surface area contributed by atoms with Gasteiger partial charge in [-0.25, -0.2) is 13.4 Å². The lowest BCUT2D eigenvalue weighted by Gasteiger charge is -2.17. The lowest BCUT2D eigenvalue weighted by atomic mass is 10.1. The standard InChI is InChI=1S/C28H28N4O4S2/c1-19-9-7-14-25(20(19)2)32-27(34)23-12-3-4-13-24(23)30-28(32)37-18-26(33)29-21-10-8-11-22(17-21)38(35,36)31-15-5-6-16-31/h3-4,7-14,17H,5-6,15-16,18H2,1-2H3,(H,29,33). The Bertz CT molecular complexity index is 1690. The third kappa shape index (κ3) is 5.11. The van der Waals surface area contributed by atoms with Gasteiger partial charge in [0.05, 0.1) is 27.2 Å². The number of nitrogens with zero attached hydrogens (tertiary/aromatic N) is 3. The Labute approximate surface area is 225 Å². The summed E-state index contributed by atoms with van der Waals surface area (Å²) in [6.45, 7) is 4.96. The van der Waals surface area contributed by atoms with Crippen LogP contribution in [0.4, 0.5) is 5.69 Å². The van der Waals surface area contributed by atoms with E-state index in [4.69, 9.17) is 4.98 Å². The fraction of sp³-hybridized carbons (Fsp3) is 0.250. The molecule has 1 N–H and O–H groups in total. The van der Waals surface area contributed by atoms with Crippen molar-refractivity contribution < 1.29 is 13.2 Å². The predicted molar refractivity (Wildman–Crippen MR) is 151 cm³/mol. The molecule has 1 aliphatic rings. The fourth-order valence-corrected chi connectivity index (χ4v) is 6.91. The van der Waals surface area contributed by atoms with Crippen LogP contribution in [0.25, 0.3) is 16.6 Å². The average molecular weight is 549 g/mol. The molecule has 0 aliphatic carbocycles. The molecule has 1 saturated heterocycles. The Balaban J connectivity index is 1.41. The normalized spacial score (nSPS) is 14.2. The molecule has 0 saturated carbocycles. The van der Waals surface area contributed by atoms with Gasteiger partial charge in [-0.15, -0.1) is 0 Å². The molecule has 0 unspecified atom stereocenters. The first-order valence-corrected chi connectivity index (χ1v) is 14.8. The lowest BCUT2D eigenvalue weighted by molar-refractivity contribution is -0.113. The number of para-hydroxylation sites is 1. The maximum atomic E-state index is 13.5. The quantitative estimate of drug-likeness (QED) is 0.269. The minimum Gasteiger partial charge on any atom is -0.325 e. The topological polar surface area (TPSA) is 101 Å². The zero-order valence-corrected chi connectivity index (χ0v) is 22.8. The highest BCUT2D eigenvalue weighted by molar-refractivity contribution is 7.99. The van der Waals surface area contributed by atoms with Crippen molar-refractivity contribution in [3.8, 4) is 5.69 Å². The molecule has 2 heterocycles. The summed E-state index contributed by atoms with van der Waals surface area (Å²) in [7, 11) is -3.59. The first-order chi connectivity index (χ1) is 18.3. The van der Waals surface area contributed by atoms with Crippen LogP contribution in [0.15, 0.2) is 81.6 Å². The zero-order chi connectivity index (χ0) is 26.9. The number of carbonyl (C=O) groups excluding carboxylic acids is 1. The molecule has 5 rings (SSSR count). The highest BCUT2D eigenvalue weighted by Crippen LogP contribution is 2.26. The Morgan fingerprint density at radius 2 is 1.74 bits per heavy atom. The molecular formula is C28H28N4O4S2. The van der Waals surface area contributed by atoms with Crippen molar-refractivity contribution in [1.82, 2.24) is 13.9 Å². The van der Waals surface area contributed by atoms with E-state index in [0.717, 1.165) is 41.4 Å². The molecule has 1 aliphatic heterocycles. The Morgan fingerprint density at radius 3 is 2.53 bits per heavy atom. The summed E-state index contributed by atoms with van der Waals surface area (Å²) < 4.78 is 28.9. The summed E-state index contributed by atoms with van der Waals surface area (Å²) in [5.41, 5.74) is 3.47. The molecule has 1 aromatic heterocycles. The molecule has 38 heavy (non-hydrogen) atoms. The van der Waals surface area contributed by atoms with Crippen molar-refractivity contribution in [2.75, 3.05) is 24.2 Å². The van der Waals surface area contributed by atoms with Crippen LogP contribution in [-0.2, 0) is 14.8 Å². The van der Waals surface area contributed by atoms with E-state index in [1.165, 1.54) is 10.4 Å². The monoisotopic (exact) mass is 548 g/mol. The third-order valence-electron chi connectivity index (χ3n) is 6.71. The van der Waals surface area contributed by atoms with E-state index in [1.54, 1.807) is 41.0 Å². The molecule has 4 aromatic rings. The van der Waals surface area contributed by atoms with Crippen LogP contribution < -0.4 is 10.9 Å². The van der Waals surface area contributed by atoms with Crippen molar-refractivity contribution in [1.29, 1.82) is 0 Å². The van der Waals surface area contributed by atoms with Gasteiger partial charge in [-0.05, 0) is 74.2 Å². The van der Waals surface area contributed by atoms with Gasteiger partial charge in [-0.3, -0.25) is 14.2 Å². The maximum absolute atomic E-state index is 13.5. The number of amides is 1. The Kier molecular flexibility index (Phi) is 7.38. The van der Waals surface area contributed by atoms with Crippen LogP contribution in [-0.4, -0.2) is 47.0 Å². The van der Waals surface area contributed by atoms with Crippen LogP contribution in [0.1, 0.15) is 24.0 Å². The van der Waals surface area contributed by atoms with Gasteiger partial charge in [0, 0.05) is 18.8 Å². The number of aryl methyl sites for hydroxylation is 1. The van der Waals surface area contributed by atoms with Gasteiger partial charge < -0.3 is 5.32 Å². The van der Waals surface area contributed by atoms with Gasteiger partial charge in [0.15, 0.2) is 5.16 Å². The summed E-state index contributed by atoms with van der Waals surface area (Å²) in [6.07, 6.45) is 1.70. The van der Waals surface area contributed by atoms with Crippen molar-refractivity contribution in [2.45, 2.75) is 36.7 Å². The molecule has 3 aromatic carbocycles. The van der Waals surface area contributed by atoms with Crippen molar-refractivity contribution in [2.24, 2.45) is 0 Å². The lowest BCUT2D eigenvalue weighted by Crippen LogP contribution is -2.28. The van der Waals surface area contributed by atoms with E-state index in [1.807, 2.05) is 38.1 Å². The first-order valence-electron chi connectivity index (χ1n) is 12.4. The van der Waals surface area contributed by atoms with E-state index < -0.39 is 10.0 Å². The van der Waals surface area contributed by atoms with Crippen molar-refractivity contribution in [3.05, 3.63) is 88.2 Å². The maximum Gasteiger partial charge on any atom is 0.266 e. The van der Waals surface area contributed by atoms with Gasteiger partial charge >= 0.3 is 0 Å². The second kappa shape index (κ2) is 10.7. The highest BCUT2D eigenvalue weighted by Gasteiger charge is 2.27. The number of sulfonamides is 1. The van der Waals surface area contributed by atoms with E-state index >= 15 is 0 Å². The SMILES string of the molecule is Cc1cccc(-n2c(SCC(=O)Nc3cccc(S(=O)(=O)N4CCCC4)c3)nc3ccccc3c2=O)c1C. The molecular weight excluding hydrogens is 520 g/mol. The number of carbonyl (C=O) groups is 1. The minimum absolute atomic E-state index is 0.0151. The summed E-state index contributed by atoms with van der Waals surface area (Å²) in [5, 5.41) is 3.69. The number of rotatable bonds is 7. The zero-order valence-electron chi connectivity index (χ0n) is 21.2. The number of aromatic nitrogens is 2. The third-order valence-corrected chi connectivity index (χ3v) is 9.55. The van der Waals surface area contributed by atoms with Crippen molar-refractivity contribution in [3.63, 3.8) is 0 Å². The second-order valence-corrected chi connectivity index (χ2v) is 12.1. The van der Waals surface area contributed by atoms with Crippen LogP contribution in [0.2, 0.25) is 0 Å². The smallest absolute Gasteiger partial charge is 0.266 e. The number of thioether (sulfide) groups is 1. The Morgan fingerprint density at radius 1 is 1.00 bits per heavy atom. The first kappa shape index (κ1) is 26.1. The molecule has 0 bridgehead atoms. The summed E-state index contributed by atoms with van der Waals surface area (Å²) in [5.74, 6) is -0.348. The molecule has 0 spiro atoms. The molecule has 0 radical (unpaired) electrons. The number of anilines is 1. The van der Waals surface area contributed by atoms with Crippen LogP contribution >= 0.6 is 11.8 Å². The van der Waals surface area contributed by atoms with E-state index in [-0.39, 0.29) is 22.1 Å². The number of hydrogen-bond acceptors (Lipinski definition) is 6. The van der Waals surface area contributed by atoms with Gasteiger partial charge in [0.25, 0.3) is 5.56 Å². The van der Waals surface area contributed by atoms with Crippen LogP contribution in [0.3, 0.4) is 0 Å². The fourth-order valence-electron chi connectivity index (χ4n) is 4.54. The molecule has 1 fully saturated rings. The summed E-state index contributed by atoms with van der Waals surface area (Å²) in [6, 6.07) is 19.2. The molecule has 1 amide bonds. The predicted octanol–water partition coefficient (Wildman–Crippen LogP) is 4.52. The van der Waals surface area contributed by atoms with Gasteiger partial charge in [0.2, 0.25) is 15.9 Å². The van der Waals surface area contributed by atoms with Crippen LogP contribution in [0, 0.1) is 13.8 Å². The number of benzene rings is 3. The van der Waals surface area contributed by atoms with Crippen molar-refractivity contribution >= 4 is 44.3 Å². The van der Waals surface area contributed by atoms with E-state index in [9.17, 15) is 18.0 Å². The Hall–Kier alpha value is -3.47. The minimum atomic E-state index is -3.59. The molecule has 8 nitrogen and oxygen atoms in total. The second-order valence-electron chi connectivity index (χ2n) is 9.25. The van der Waals surface area contributed by atoms with Gasteiger partial charge in [-0.1, -0.05) is 42.1 Å². The van der Waals surface area contributed by atoms with Gasteiger partial charge in [-0.2, -0.15) is 4.31 Å². The summed E-state index contributed by atoms with van der Waals surface area (Å²) >= 11 is 1.16. The largest absolute Gasteiger partial charge is 0.325 e. The van der Waals surface area contributed by atoms with E-state index in [0.29, 0.717) is 34.8 Å². The number of hydrogen-bond donors (Lipinski definition) is 1. The molecule has 196 valence electrons. The molecule has 10 heteroatoms. The number of nitrogens with one attached hydrogen (secondary N) is 1. The summed E-state index contributed by atoms with van der Waals surface area (Å²) in [4.78, 5) is 31.3. The highest BCUT2D eigenvalue weighted by atomic mass is 32.2. The number of fused-ring (bicyclic) bond motifs is 1. The van der Waals surface area contributed by atoms with Crippen LogP contribution in [0.5, 0.6) is 0 Å². The van der Waals surface area contributed by atoms with Gasteiger partial charge in [0.1, 0.15) is 0 Å². The van der Waals surface area contributed by atoms with E-state index in [2.05, 4.69) is 5.32 Å².